The quantitative estimate of drug-likeness (QED) is 0.732. The Bertz CT molecular complexity index is 1180. The van der Waals surface area contributed by atoms with Crippen molar-refractivity contribution in [2.45, 2.75) is 25.0 Å². The van der Waals surface area contributed by atoms with Crippen molar-refractivity contribution < 1.29 is 22.4 Å². The van der Waals surface area contributed by atoms with Crippen LogP contribution in [0.25, 0.3) is 0 Å². The summed E-state index contributed by atoms with van der Waals surface area (Å²) in [5.41, 5.74) is 1.58. The molecule has 2 aliphatic rings. The zero-order valence-corrected chi connectivity index (χ0v) is 18.2. The fraction of sp³-hybridized carbons (Fsp3) is 0.318. The van der Waals surface area contributed by atoms with Gasteiger partial charge in [0.1, 0.15) is 15.7 Å². The topological polar surface area (TPSA) is 108 Å². The number of halogens is 1. The summed E-state index contributed by atoms with van der Waals surface area (Å²) in [5, 5.41) is 5.28. The molecule has 1 atom stereocenters. The van der Waals surface area contributed by atoms with Crippen molar-refractivity contribution in [2.24, 2.45) is 4.99 Å². The number of fused-ring (bicyclic) bond motifs is 1. The highest BCUT2D eigenvalue weighted by atomic mass is 32.2. The molecule has 1 unspecified atom stereocenters. The molecule has 0 saturated carbocycles. The molecule has 0 radical (unpaired) electrons. The number of hydrogen-bond acceptors (Lipinski definition) is 5. The smallest absolute Gasteiger partial charge is 0.317 e. The molecule has 2 heterocycles. The van der Waals surface area contributed by atoms with Gasteiger partial charge in [-0.3, -0.25) is 4.79 Å². The Morgan fingerprint density at radius 1 is 1.03 bits per heavy atom. The van der Waals surface area contributed by atoms with E-state index in [1.54, 1.807) is 49.5 Å². The zero-order valence-electron chi connectivity index (χ0n) is 17.4. The van der Waals surface area contributed by atoms with Crippen LogP contribution in [0.4, 0.5) is 14.9 Å². The fourth-order valence-electron chi connectivity index (χ4n) is 3.87. The first kappa shape index (κ1) is 21.9. The van der Waals surface area contributed by atoms with E-state index in [1.165, 1.54) is 11.0 Å². The second-order valence-corrected chi connectivity index (χ2v) is 10.1. The molecule has 2 aromatic rings. The molecule has 0 spiro atoms. The molecular formula is C22H23FN4O4S. The van der Waals surface area contributed by atoms with E-state index in [4.69, 9.17) is 0 Å². The Balaban J connectivity index is 1.63. The number of benzodiazepines with no additional fused rings is 1. The number of rotatable bonds is 3. The van der Waals surface area contributed by atoms with E-state index in [-0.39, 0.29) is 28.8 Å². The predicted molar refractivity (Wildman–Crippen MR) is 119 cm³/mol. The first-order chi connectivity index (χ1) is 15.2. The van der Waals surface area contributed by atoms with Gasteiger partial charge in [0.05, 0.1) is 22.9 Å². The van der Waals surface area contributed by atoms with Crippen LogP contribution in [0.3, 0.4) is 0 Å². The molecule has 2 aliphatic heterocycles. The molecule has 0 aliphatic carbocycles. The predicted octanol–water partition coefficient (Wildman–Crippen LogP) is 1.84. The van der Waals surface area contributed by atoms with Gasteiger partial charge in [0, 0.05) is 24.2 Å². The van der Waals surface area contributed by atoms with Gasteiger partial charge in [0.2, 0.25) is 6.17 Å². The van der Waals surface area contributed by atoms with Crippen molar-refractivity contribution in [3.8, 4) is 0 Å². The number of benzene rings is 2. The number of nitrogens with one attached hydrogen (secondary N) is 2. The van der Waals surface area contributed by atoms with E-state index < -0.39 is 33.8 Å². The van der Waals surface area contributed by atoms with Gasteiger partial charge >= 0.3 is 6.03 Å². The van der Waals surface area contributed by atoms with E-state index in [0.717, 1.165) is 0 Å². The summed E-state index contributed by atoms with van der Waals surface area (Å²) in [4.78, 5) is 31.5. The van der Waals surface area contributed by atoms with Crippen molar-refractivity contribution in [3.63, 3.8) is 0 Å². The average molecular weight is 459 g/mol. The van der Waals surface area contributed by atoms with Gasteiger partial charge < -0.3 is 15.5 Å². The summed E-state index contributed by atoms with van der Waals surface area (Å²) in [6, 6.07) is 12.2. The normalized spacial score (nSPS) is 20.7. The Kier molecular flexibility index (Phi) is 5.96. The number of urea groups is 1. The molecule has 4 rings (SSSR count). The van der Waals surface area contributed by atoms with Crippen LogP contribution in [0.15, 0.2) is 53.5 Å². The summed E-state index contributed by atoms with van der Waals surface area (Å²) >= 11 is 0. The summed E-state index contributed by atoms with van der Waals surface area (Å²) in [7, 11) is -1.49. The molecule has 2 N–H and O–H groups in total. The van der Waals surface area contributed by atoms with E-state index in [9.17, 15) is 22.4 Å². The van der Waals surface area contributed by atoms with E-state index in [0.29, 0.717) is 24.1 Å². The lowest BCUT2D eigenvalue weighted by atomic mass is 10.00. The summed E-state index contributed by atoms with van der Waals surface area (Å²) in [6.45, 7) is 0. The van der Waals surface area contributed by atoms with Gasteiger partial charge in [-0.2, -0.15) is 0 Å². The number of nitrogens with zero attached hydrogens (tertiary/aromatic N) is 2. The molecule has 1 saturated heterocycles. The minimum absolute atomic E-state index is 0.00787. The van der Waals surface area contributed by atoms with E-state index in [2.05, 4.69) is 15.6 Å². The van der Waals surface area contributed by atoms with Gasteiger partial charge in [-0.05, 0) is 31.0 Å². The van der Waals surface area contributed by atoms with Crippen molar-refractivity contribution in [2.75, 3.05) is 23.5 Å². The average Bonchev–Trinajstić information content (AvgIpc) is 2.87. The summed E-state index contributed by atoms with van der Waals surface area (Å²) in [5.74, 6) is -0.961. The van der Waals surface area contributed by atoms with Crippen molar-refractivity contribution in [3.05, 3.63) is 65.5 Å². The number of carbonyl (C=O) groups is 2. The van der Waals surface area contributed by atoms with Gasteiger partial charge in [0.15, 0.2) is 0 Å². The van der Waals surface area contributed by atoms with Crippen LogP contribution in [0.1, 0.15) is 24.0 Å². The Morgan fingerprint density at radius 3 is 2.34 bits per heavy atom. The lowest BCUT2D eigenvalue weighted by molar-refractivity contribution is -0.119. The number of amides is 3. The van der Waals surface area contributed by atoms with Crippen molar-refractivity contribution in [1.29, 1.82) is 0 Å². The molecule has 168 valence electrons. The number of hydrogen-bond donors (Lipinski definition) is 2. The van der Waals surface area contributed by atoms with Crippen molar-refractivity contribution in [1.82, 2.24) is 10.6 Å². The fourth-order valence-corrected chi connectivity index (χ4v) is 5.36. The molecule has 0 aromatic heterocycles. The van der Waals surface area contributed by atoms with Gasteiger partial charge in [0.25, 0.3) is 5.91 Å². The van der Waals surface area contributed by atoms with Gasteiger partial charge in [-0.15, -0.1) is 0 Å². The molecule has 3 amide bonds. The van der Waals surface area contributed by atoms with Crippen LogP contribution in [-0.2, 0) is 14.6 Å². The summed E-state index contributed by atoms with van der Waals surface area (Å²) < 4.78 is 37.8. The maximum absolute atomic E-state index is 14.6. The summed E-state index contributed by atoms with van der Waals surface area (Å²) in [6.07, 6.45) is -0.665. The number of para-hydroxylation sites is 1. The number of likely N-dealkylation sites (N-methyl/N-ethyl adjacent to an activating group) is 1. The van der Waals surface area contributed by atoms with E-state index >= 15 is 0 Å². The zero-order chi connectivity index (χ0) is 22.9. The van der Waals surface area contributed by atoms with E-state index in [1.807, 2.05) is 0 Å². The van der Waals surface area contributed by atoms with Crippen LogP contribution in [0, 0.1) is 5.82 Å². The molecule has 2 aromatic carbocycles. The molecule has 1 fully saturated rings. The third-order valence-corrected chi connectivity index (χ3v) is 7.35. The maximum Gasteiger partial charge on any atom is 0.317 e. The third-order valence-electron chi connectivity index (χ3n) is 5.63. The molecule has 10 heteroatoms. The second kappa shape index (κ2) is 8.70. The molecule has 32 heavy (non-hydrogen) atoms. The Labute approximate surface area is 185 Å². The Morgan fingerprint density at radius 2 is 1.66 bits per heavy atom. The van der Waals surface area contributed by atoms with Crippen LogP contribution in [0.5, 0.6) is 0 Å². The number of sulfone groups is 1. The second-order valence-electron chi connectivity index (χ2n) is 7.82. The van der Waals surface area contributed by atoms with Crippen LogP contribution in [-0.4, -0.2) is 56.8 Å². The minimum Gasteiger partial charge on any atom is -0.335 e. The highest BCUT2D eigenvalue weighted by molar-refractivity contribution is 7.91. The standard InChI is InChI=1S/C22H23FN4O4S/c1-27-18-9-5-3-7-16(18)19(15-6-2-4-8-17(15)23)25-20(21(27)28)26-22(29)24-14-10-12-32(30,31)13-11-14/h2-9,14,20H,10-13H2,1H3,(H2,24,26,29). The van der Waals surface area contributed by atoms with Crippen LogP contribution in [0.2, 0.25) is 0 Å². The van der Waals surface area contributed by atoms with Crippen LogP contribution < -0.4 is 15.5 Å². The third kappa shape index (κ3) is 4.50. The van der Waals surface area contributed by atoms with Gasteiger partial charge in [-0.1, -0.05) is 30.3 Å². The molecule has 8 nitrogen and oxygen atoms in total. The highest BCUT2D eigenvalue weighted by Crippen LogP contribution is 2.28. The SMILES string of the molecule is CN1C(=O)C(NC(=O)NC2CCS(=O)(=O)CC2)N=C(c2ccccc2F)c2ccccc21. The molecular weight excluding hydrogens is 435 g/mol. The lowest BCUT2D eigenvalue weighted by Crippen LogP contribution is -2.52. The number of aliphatic imine (C=N–C) groups is 1. The first-order valence-corrected chi connectivity index (χ1v) is 12.0. The Hall–Kier alpha value is -3.27. The molecule has 0 bridgehead atoms. The number of anilines is 1. The van der Waals surface area contributed by atoms with Gasteiger partial charge in [-0.25, -0.2) is 22.6 Å². The first-order valence-electron chi connectivity index (χ1n) is 10.2. The maximum atomic E-state index is 14.6. The highest BCUT2D eigenvalue weighted by Gasteiger charge is 2.32. The lowest BCUT2D eigenvalue weighted by Gasteiger charge is -2.25. The van der Waals surface area contributed by atoms with Crippen molar-refractivity contribution >= 4 is 33.2 Å². The number of carbonyl (C=O) groups excluding carboxylic acids is 2. The van der Waals surface area contributed by atoms with Crippen LogP contribution >= 0.6 is 0 Å². The minimum atomic E-state index is -3.06. The monoisotopic (exact) mass is 458 g/mol. The largest absolute Gasteiger partial charge is 0.335 e.